The number of benzene rings is 1. The number of ether oxygens (including phenoxy) is 1. The van der Waals surface area contributed by atoms with Gasteiger partial charge in [0.05, 0.1) is 11.9 Å². The lowest BCUT2D eigenvalue weighted by Gasteiger charge is -2.39. The first kappa shape index (κ1) is 22.3. The Kier molecular flexibility index (Phi) is 6.79. The third-order valence-electron chi connectivity index (χ3n) is 6.58. The van der Waals surface area contributed by atoms with Crippen LogP contribution in [-0.2, 0) is 4.79 Å². The van der Waals surface area contributed by atoms with Crippen molar-refractivity contribution >= 4 is 17.4 Å². The highest BCUT2D eigenvalue weighted by atomic mass is 16.5. The second kappa shape index (κ2) is 9.73. The van der Waals surface area contributed by atoms with Crippen molar-refractivity contribution in [1.29, 1.82) is 5.41 Å². The van der Waals surface area contributed by atoms with E-state index in [1.807, 2.05) is 24.3 Å². The van der Waals surface area contributed by atoms with Gasteiger partial charge in [0.1, 0.15) is 5.75 Å². The van der Waals surface area contributed by atoms with Gasteiger partial charge < -0.3 is 19.8 Å². The van der Waals surface area contributed by atoms with Crippen LogP contribution in [0.25, 0.3) is 0 Å². The summed E-state index contributed by atoms with van der Waals surface area (Å²) in [4.78, 5) is 21.7. The van der Waals surface area contributed by atoms with Crippen molar-refractivity contribution in [2.75, 3.05) is 18.0 Å². The van der Waals surface area contributed by atoms with Crippen molar-refractivity contribution in [3.05, 3.63) is 42.1 Å². The highest BCUT2D eigenvalue weighted by Crippen LogP contribution is 2.39. The minimum Gasteiger partial charge on any atom is -0.470 e. The highest BCUT2D eigenvalue weighted by Gasteiger charge is 2.37. The predicted molar refractivity (Wildman–Crippen MR) is 123 cm³/mol. The molecule has 3 heterocycles. The van der Waals surface area contributed by atoms with E-state index in [1.165, 1.54) is 25.5 Å². The molecule has 0 spiro atoms. The molecular weight excluding hydrogens is 406 g/mol. The van der Waals surface area contributed by atoms with Crippen LogP contribution in [0.1, 0.15) is 70.1 Å². The van der Waals surface area contributed by atoms with E-state index in [1.54, 1.807) is 4.90 Å². The summed E-state index contributed by atoms with van der Waals surface area (Å²) in [6.45, 7) is 6.40. The number of oxazole rings is 1. The molecule has 2 aromatic rings. The number of carbonyl (C=O) groups is 1. The number of amides is 1. The first-order valence-electron chi connectivity index (χ1n) is 11.6. The summed E-state index contributed by atoms with van der Waals surface area (Å²) in [5, 5.41) is 7.48. The Morgan fingerprint density at radius 1 is 1.16 bits per heavy atom. The van der Waals surface area contributed by atoms with E-state index in [0.29, 0.717) is 24.4 Å². The van der Waals surface area contributed by atoms with Gasteiger partial charge in [-0.05, 0) is 58.2 Å². The van der Waals surface area contributed by atoms with Crippen LogP contribution < -0.4 is 15.4 Å². The van der Waals surface area contributed by atoms with E-state index in [2.05, 4.69) is 23.7 Å². The molecule has 8 heteroatoms. The Morgan fingerprint density at radius 2 is 1.88 bits per heavy atom. The molecule has 32 heavy (non-hydrogen) atoms. The lowest BCUT2D eigenvalue weighted by Crippen LogP contribution is -2.44. The zero-order valence-corrected chi connectivity index (χ0v) is 18.9. The molecule has 1 aromatic carbocycles. The van der Waals surface area contributed by atoms with Crippen molar-refractivity contribution in [3.8, 4) is 5.75 Å². The zero-order valence-electron chi connectivity index (χ0n) is 18.9. The molecule has 1 unspecified atom stereocenters. The maximum absolute atomic E-state index is 13.3. The van der Waals surface area contributed by atoms with E-state index in [-0.39, 0.29) is 23.4 Å². The Bertz CT molecular complexity index is 949. The molecule has 3 atom stereocenters. The lowest BCUT2D eigenvalue weighted by atomic mass is 9.97. The number of piperidine rings is 1. The smallest absolute Gasteiger partial charge is 0.276 e. The number of fused-ring (bicyclic) bond motifs is 1. The van der Waals surface area contributed by atoms with Gasteiger partial charge in [-0.1, -0.05) is 25.0 Å². The van der Waals surface area contributed by atoms with Gasteiger partial charge in [-0.2, -0.15) is 0 Å². The first-order valence-corrected chi connectivity index (χ1v) is 11.6. The number of likely N-dealkylation sites (tertiary alicyclic amines) is 1. The Balaban J connectivity index is 1.39. The second-order valence-corrected chi connectivity index (χ2v) is 8.86. The fourth-order valence-corrected chi connectivity index (χ4v) is 4.82. The zero-order chi connectivity index (χ0) is 22.7. The first-order chi connectivity index (χ1) is 15.5. The maximum Gasteiger partial charge on any atom is 0.276 e. The van der Waals surface area contributed by atoms with Gasteiger partial charge in [-0.25, -0.2) is 4.98 Å². The summed E-state index contributed by atoms with van der Waals surface area (Å²) in [6.07, 6.45) is 7.49. The molecule has 172 valence electrons. The van der Waals surface area contributed by atoms with Gasteiger partial charge in [0.2, 0.25) is 6.10 Å². The summed E-state index contributed by atoms with van der Waals surface area (Å²) in [5.74, 6) is 0.409. The third kappa shape index (κ3) is 4.65. The molecule has 8 nitrogen and oxygen atoms in total. The molecule has 0 radical (unpaired) electrons. The molecule has 2 aliphatic rings. The van der Waals surface area contributed by atoms with Gasteiger partial charge in [0.25, 0.3) is 11.8 Å². The van der Waals surface area contributed by atoms with Crippen LogP contribution >= 0.6 is 0 Å². The van der Waals surface area contributed by atoms with Crippen LogP contribution in [0.15, 0.2) is 34.9 Å². The van der Waals surface area contributed by atoms with E-state index < -0.39 is 6.10 Å². The number of nitrogens with two attached hydrogens (primary N) is 1. The summed E-state index contributed by atoms with van der Waals surface area (Å²) in [5.41, 5.74) is 6.22. The quantitative estimate of drug-likeness (QED) is 0.367. The van der Waals surface area contributed by atoms with Gasteiger partial charge in [-0.3, -0.25) is 15.1 Å². The predicted octanol–water partition coefficient (Wildman–Crippen LogP) is 3.86. The maximum atomic E-state index is 13.3. The topological polar surface area (TPSA) is 109 Å². The molecule has 1 saturated heterocycles. The number of nitrogens with one attached hydrogen (secondary N) is 1. The van der Waals surface area contributed by atoms with Crippen LogP contribution in [0.2, 0.25) is 0 Å². The Hall–Kier alpha value is -2.87. The number of hydrogen-bond donors (Lipinski definition) is 2. The fourth-order valence-electron chi connectivity index (χ4n) is 4.82. The van der Waals surface area contributed by atoms with Crippen LogP contribution in [0, 0.1) is 5.41 Å². The van der Waals surface area contributed by atoms with Gasteiger partial charge >= 0.3 is 0 Å². The second-order valence-electron chi connectivity index (χ2n) is 8.86. The number of rotatable bonds is 8. The molecule has 3 N–H and O–H groups in total. The molecule has 0 aliphatic carbocycles. The number of amidine groups is 1. The normalized spacial score (nSPS) is 23.6. The number of hydrogen-bond acceptors (Lipinski definition) is 6. The highest BCUT2D eigenvalue weighted by molar-refractivity contribution is 6.00. The van der Waals surface area contributed by atoms with Gasteiger partial charge in [0, 0.05) is 18.6 Å². The average Bonchev–Trinajstić information content (AvgIpc) is 3.27. The summed E-state index contributed by atoms with van der Waals surface area (Å²) in [7, 11) is 0. The van der Waals surface area contributed by atoms with Crippen molar-refractivity contribution in [2.24, 2.45) is 5.73 Å². The minimum atomic E-state index is -0.930. The van der Waals surface area contributed by atoms with Crippen LogP contribution in [0.5, 0.6) is 5.75 Å². The van der Waals surface area contributed by atoms with E-state index >= 15 is 0 Å². The summed E-state index contributed by atoms with van der Waals surface area (Å²) < 4.78 is 11.5. The minimum absolute atomic E-state index is 0.0111. The van der Waals surface area contributed by atoms with Crippen molar-refractivity contribution in [1.82, 2.24) is 9.88 Å². The fraction of sp³-hybridized carbons (Fsp3) is 0.542. The molecule has 2 aliphatic heterocycles. The molecule has 1 fully saturated rings. The molecule has 0 saturated carbocycles. The standard InChI is InChI=1S/C24H33N5O3/c1-16-9-8-10-17(2)28(16)13-6-3-7-14-29-18-11-4-5-12-19(18)31-21(24(29)30)20-15-27-23(32-20)22(25)26/h4-5,11-12,15-17,21H,3,6-10,13-14H2,1-2H3,(H3,25,26)/t16-,17+,21?. The summed E-state index contributed by atoms with van der Waals surface area (Å²) >= 11 is 0. The number of nitrogens with zero attached hydrogens (tertiary/aromatic N) is 3. The third-order valence-corrected chi connectivity index (χ3v) is 6.58. The number of nitrogen functional groups attached to an aromatic ring is 1. The van der Waals surface area contributed by atoms with Crippen LogP contribution in [0.3, 0.4) is 0 Å². The number of unbranched alkanes of at least 4 members (excludes halogenated alkanes) is 2. The van der Waals surface area contributed by atoms with Crippen molar-refractivity contribution in [2.45, 2.75) is 70.6 Å². The number of aromatic nitrogens is 1. The van der Waals surface area contributed by atoms with Crippen LogP contribution in [-0.4, -0.2) is 46.8 Å². The molecule has 4 rings (SSSR count). The Labute approximate surface area is 189 Å². The van der Waals surface area contributed by atoms with Crippen molar-refractivity contribution in [3.63, 3.8) is 0 Å². The van der Waals surface area contributed by atoms with Crippen LogP contribution in [0.4, 0.5) is 5.69 Å². The largest absolute Gasteiger partial charge is 0.470 e. The average molecular weight is 440 g/mol. The molecule has 0 bridgehead atoms. The number of carbonyl (C=O) groups excluding carboxylic acids is 1. The Morgan fingerprint density at radius 3 is 2.59 bits per heavy atom. The molecule has 1 aromatic heterocycles. The monoisotopic (exact) mass is 439 g/mol. The van der Waals surface area contributed by atoms with Crippen molar-refractivity contribution < 1.29 is 13.9 Å². The van der Waals surface area contributed by atoms with Gasteiger partial charge in [-0.15, -0.1) is 0 Å². The van der Waals surface area contributed by atoms with E-state index in [4.69, 9.17) is 20.3 Å². The van der Waals surface area contributed by atoms with E-state index in [0.717, 1.165) is 31.5 Å². The SMILES string of the molecule is C[C@@H]1CCC[C@H](C)N1CCCCCN1C(=O)C(c2cnc(C(=N)N)o2)Oc2ccccc21. The number of para-hydroxylation sites is 2. The molecular formula is C24H33N5O3. The van der Waals surface area contributed by atoms with E-state index in [9.17, 15) is 4.79 Å². The van der Waals surface area contributed by atoms with Gasteiger partial charge in [0.15, 0.2) is 11.6 Å². The molecule has 1 amide bonds. The number of anilines is 1. The summed E-state index contributed by atoms with van der Waals surface area (Å²) in [6, 6.07) is 8.87. The lowest BCUT2D eigenvalue weighted by molar-refractivity contribution is -0.127.